The zero-order valence-electron chi connectivity index (χ0n) is 13.9. The fraction of sp³-hybridized carbons (Fsp3) is 0.100. The van der Waals surface area contributed by atoms with E-state index in [2.05, 4.69) is 39.4 Å². The monoisotopic (exact) mass is 345 g/mol. The third-order valence-electron chi connectivity index (χ3n) is 4.26. The number of hydrogen-bond acceptors (Lipinski definition) is 4. The van der Waals surface area contributed by atoms with Crippen molar-refractivity contribution in [1.82, 2.24) is 9.72 Å². The van der Waals surface area contributed by atoms with Crippen molar-refractivity contribution in [2.45, 2.75) is 18.7 Å². The van der Waals surface area contributed by atoms with Gasteiger partial charge in [0.1, 0.15) is 11.2 Å². The van der Waals surface area contributed by atoms with Gasteiger partial charge in [0.2, 0.25) is 0 Å². The standard InChI is InChI=1S/C20H15N3OS/c1-13-18(14(2)24-22-13)19-20(25-12-21)16-10-6-7-11-17(16)23(19)15-8-4-3-5-9-15/h3-11H,1-2H3. The first-order chi connectivity index (χ1) is 12.2. The van der Waals surface area contributed by atoms with Gasteiger partial charge in [-0.25, -0.2) is 0 Å². The minimum atomic E-state index is 0.747. The van der Waals surface area contributed by atoms with Crippen LogP contribution in [0.3, 0.4) is 0 Å². The summed E-state index contributed by atoms with van der Waals surface area (Å²) in [6, 6.07) is 18.3. The molecular weight excluding hydrogens is 330 g/mol. The number of hydrogen-bond donors (Lipinski definition) is 0. The van der Waals surface area contributed by atoms with Crippen LogP contribution in [0.4, 0.5) is 0 Å². The third kappa shape index (κ3) is 2.43. The first-order valence-corrected chi connectivity index (χ1v) is 8.72. The highest BCUT2D eigenvalue weighted by atomic mass is 32.2. The number of thioether (sulfide) groups is 1. The van der Waals surface area contributed by atoms with Gasteiger partial charge in [-0.1, -0.05) is 41.6 Å². The fourth-order valence-electron chi connectivity index (χ4n) is 3.25. The molecule has 4 rings (SSSR count). The SMILES string of the molecule is Cc1noc(C)c1-c1c(SC#N)c2ccccc2n1-c1ccccc1. The molecule has 2 heterocycles. The normalized spacial score (nSPS) is 10.9. The van der Waals surface area contributed by atoms with Gasteiger partial charge < -0.3 is 9.09 Å². The van der Waals surface area contributed by atoms with E-state index in [1.807, 2.05) is 44.2 Å². The molecule has 0 spiro atoms. The maximum atomic E-state index is 9.38. The molecule has 5 heteroatoms. The van der Waals surface area contributed by atoms with E-state index in [9.17, 15) is 5.26 Å². The lowest BCUT2D eigenvalue weighted by Crippen LogP contribution is -1.98. The summed E-state index contributed by atoms with van der Waals surface area (Å²) in [4.78, 5) is 0.927. The summed E-state index contributed by atoms with van der Waals surface area (Å²) in [5, 5.41) is 16.8. The highest BCUT2D eigenvalue weighted by Gasteiger charge is 2.25. The Kier molecular flexibility index (Phi) is 3.83. The molecule has 0 N–H and O–H groups in total. The third-order valence-corrected chi connectivity index (χ3v) is 4.97. The van der Waals surface area contributed by atoms with Crippen molar-refractivity contribution in [3.63, 3.8) is 0 Å². The average molecular weight is 345 g/mol. The molecule has 2 aromatic heterocycles. The summed E-state index contributed by atoms with van der Waals surface area (Å²) in [6.07, 6.45) is 0. The molecule has 0 bridgehead atoms. The Morgan fingerprint density at radius 3 is 2.44 bits per heavy atom. The van der Waals surface area contributed by atoms with Crippen LogP contribution in [0.15, 0.2) is 64.0 Å². The van der Waals surface area contributed by atoms with Gasteiger partial charge in [-0.2, -0.15) is 5.26 Å². The lowest BCUT2D eigenvalue weighted by atomic mass is 10.1. The predicted octanol–water partition coefficient (Wildman–Crippen LogP) is 5.48. The van der Waals surface area contributed by atoms with Crippen molar-refractivity contribution in [1.29, 1.82) is 5.26 Å². The molecule has 0 saturated heterocycles. The number of aryl methyl sites for hydroxylation is 2. The van der Waals surface area contributed by atoms with Gasteiger partial charge in [0.25, 0.3) is 0 Å². The number of nitrogens with zero attached hydrogens (tertiary/aromatic N) is 3. The Morgan fingerprint density at radius 2 is 1.76 bits per heavy atom. The van der Waals surface area contributed by atoms with Crippen molar-refractivity contribution >= 4 is 22.7 Å². The van der Waals surface area contributed by atoms with Crippen molar-refractivity contribution in [2.75, 3.05) is 0 Å². The molecule has 0 saturated carbocycles. The number of para-hydroxylation sites is 2. The minimum absolute atomic E-state index is 0.747. The number of thiocyanates is 1. The van der Waals surface area contributed by atoms with Crippen LogP contribution in [0, 0.1) is 24.5 Å². The van der Waals surface area contributed by atoms with Gasteiger partial charge in [0.05, 0.1) is 27.4 Å². The molecule has 2 aromatic carbocycles. The Balaban J connectivity index is 2.20. The quantitative estimate of drug-likeness (QED) is 0.365. The van der Waals surface area contributed by atoms with Gasteiger partial charge in [-0.15, -0.1) is 0 Å². The van der Waals surface area contributed by atoms with E-state index >= 15 is 0 Å². The highest BCUT2D eigenvalue weighted by Crippen LogP contribution is 2.43. The van der Waals surface area contributed by atoms with Gasteiger partial charge >= 0.3 is 0 Å². The number of nitriles is 1. The molecule has 25 heavy (non-hydrogen) atoms. The summed E-state index contributed by atoms with van der Waals surface area (Å²) in [5.74, 6) is 0.747. The molecule has 0 atom stereocenters. The lowest BCUT2D eigenvalue weighted by Gasteiger charge is -2.11. The molecule has 0 radical (unpaired) electrons. The van der Waals surface area contributed by atoms with Crippen LogP contribution < -0.4 is 0 Å². The van der Waals surface area contributed by atoms with E-state index in [4.69, 9.17) is 4.52 Å². The van der Waals surface area contributed by atoms with E-state index in [0.29, 0.717) is 0 Å². The largest absolute Gasteiger partial charge is 0.361 e. The maximum absolute atomic E-state index is 9.38. The van der Waals surface area contributed by atoms with Gasteiger partial charge in [0, 0.05) is 11.1 Å². The lowest BCUT2D eigenvalue weighted by molar-refractivity contribution is 0.393. The first-order valence-electron chi connectivity index (χ1n) is 7.90. The van der Waals surface area contributed by atoms with Crippen molar-refractivity contribution in [2.24, 2.45) is 0 Å². The van der Waals surface area contributed by atoms with Crippen LogP contribution in [0.25, 0.3) is 27.8 Å². The number of fused-ring (bicyclic) bond motifs is 1. The summed E-state index contributed by atoms with van der Waals surface area (Å²) in [5.41, 5.74) is 4.81. The Hall–Kier alpha value is -2.97. The Labute approximate surface area is 149 Å². The second-order valence-electron chi connectivity index (χ2n) is 5.76. The van der Waals surface area contributed by atoms with Crippen LogP contribution in [-0.4, -0.2) is 9.72 Å². The molecule has 4 nitrogen and oxygen atoms in total. The van der Waals surface area contributed by atoms with Crippen LogP contribution in [-0.2, 0) is 0 Å². The molecule has 0 unspecified atom stereocenters. The average Bonchev–Trinajstić information content (AvgIpc) is 3.13. The summed E-state index contributed by atoms with van der Waals surface area (Å²) >= 11 is 1.18. The minimum Gasteiger partial charge on any atom is -0.361 e. The maximum Gasteiger partial charge on any atom is 0.143 e. The smallest absolute Gasteiger partial charge is 0.143 e. The van der Waals surface area contributed by atoms with E-state index in [1.54, 1.807) is 0 Å². The van der Waals surface area contributed by atoms with Crippen LogP contribution >= 0.6 is 11.8 Å². The van der Waals surface area contributed by atoms with Crippen LogP contribution in [0.2, 0.25) is 0 Å². The highest BCUT2D eigenvalue weighted by molar-refractivity contribution is 8.04. The predicted molar refractivity (Wildman–Crippen MR) is 99.7 cm³/mol. The Morgan fingerprint density at radius 1 is 1.04 bits per heavy atom. The summed E-state index contributed by atoms with van der Waals surface area (Å²) in [6.45, 7) is 3.84. The van der Waals surface area contributed by atoms with Crippen molar-refractivity contribution < 1.29 is 4.52 Å². The molecule has 0 aliphatic heterocycles. The van der Waals surface area contributed by atoms with E-state index in [0.717, 1.165) is 44.2 Å². The van der Waals surface area contributed by atoms with Gasteiger partial charge in [0.15, 0.2) is 0 Å². The van der Waals surface area contributed by atoms with Crippen molar-refractivity contribution in [3.8, 4) is 22.3 Å². The first kappa shape index (κ1) is 15.6. The van der Waals surface area contributed by atoms with E-state index < -0.39 is 0 Å². The van der Waals surface area contributed by atoms with E-state index in [-0.39, 0.29) is 0 Å². The van der Waals surface area contributed by atoms with Crippen molar-refractivity contribution in [3.05, 3.63) is 66.1 Å². The fourth-order valence-corrected chi connectivity index (χ4v) is 3.91. The molecule has 0 amide bonds. The number of benzene rings is 2. The molecule has 0 aliphatic carbocycles. The van der Waals surface area contributed by atoms with Crippen LogP contribution in [0.1, 0.15) is 11.5 Å². The second kappa shape index (κ2) is 6.15. The molecule has 122 valence electrons. The number of aromatic nitrogens is 2. The topological polar surface area (TPSA) is 54.8 Å². The molecule has 0 aliphatic rings. The second-order valence-corrected chi connectivity index (χ2v) is 6.55. The number of rotatable bonds is 3. The van der Waals surface area contributed by atoms with E-state index in [1.165, 1.54) is 11.8 Å². The zero-order chi connectivity index (χ0) is 17.4. The van der Waals surface area contributed by atoms with Gasteiger partial charge in [-0.05, 0) is 43.8 Å². The zero-order valence-corrected chi connectivity index (χ0v) is 14.7. The molecule has 4 aromatic rings. The Bertz CT molecular complexity index is 1080. The summed E-state index contributed by atoms with van der Waals surface area (Å²) in [7, 11) is 0. The summed E-state index contributed by atoms with van der Waals surface area (Å²) < 4.78 is 7.60. The molecular formula is C20H15N3OS. The molecule has 0 fully saturated rings. The van der Waals surface area contributed by atoms with Gasteiger partial charge in [-0.3, -0.25) is 0 Å². The van der Waals surface area contributed by atoms with Crippen LogP contribution in [0.5, 0.6) is 0 Å².